The van der Waals surface area contributed by atoms with Gasteiger partial charge in [-0.2, -0.15) is 0 Å². The number of halogens is 1. The Morgan fingerprint density at radius 3 is 2.30 bits per heavy atom. The van der Waals surface area contributed by atoms with Gasteiger partial charge in [0.05, 0.1) is 4.92 Å². The Balaban J connectivity index is 2.39. The summed E-state index contributed by atoms with van der Waals surface area (Å²) in [5, 5.41) is 10.8. The van der Waals surface area contributed by atoms with E-state index in [9.17, 15) is 14.5 Å². The maximum Gasteiger partial charge on any atom is 0.292 e. The minimum atomic E-state index is -0.521. The van der Waals surface area contributed by atoms with E-state index >= 15 is 0 Å². The van der Waals surface area contributed by atoms with Gasteiger partial charge in [-0.3, -0.25) is 10.1 Å². The van der Waals surface area contributed by atoms with Crippen molar-refractivity contribution < 1.29 is 9.31 Å². The van der Waals surface area contributed by atoms with Gasteiger partial charge in [-0.05, 0) is 43.3 Å². The summed E-state index contributed by atoms with van der Waals surface area (Å²) in [5.74, 6) is -0.312. The Hall–Kier alpha value is -2.63. The van der Waals surface area contributed by atoms with E-state index in [1.165, 1.54) is 18.2 Å². The quantitative estimate of drug-likeness (QED) is 0.526. The number of hydrogen-bond donors (Lipinski definition) is 1. The molecule has 0 aliphatic rings. The molecule has 0 radical (unpaired) electrons. The van der Waals surface area contributed by atoms with Gasteiger partial charge >= 0.3 is 0 Å². The lowest BCUT2D eigenvalue weighted by atomic mass is 10.2. The normalized spacial score (nSPS) is 10.3. The van der Waals surface area contributed by atoms with Gasteiger partial charge in [0, 0.05) is 24.0 Å². The minimum absolute atomic E-state index is 0.105. The summed E-state index contributed by atoms with van der Waals surface area (Å²) >= 11 is 0. The molecule has 0 saturated carbocycles. The molecule has 0 heterocycles. The first-order chi connectivity index (χ1) is 9.52. The van der Waals surface area contributed by atoms with Gasteiger partial charge in [-0.15, -0.1) is 0 Å². The van der Waals surface area contributed by atoms with Crippen LogP contribution >= 0.6 is 0 Å². The summed E-state index contributed by atoms with van der Waals surface area (Å²) in [6.07, 6.45) is 0. The summed E-state index contributed by atoms with van der Waals surface area (Å²) in [6.45, 7) is 2.56. The first-order valence-electron chi connectivity index (χ1n) is 6.10. The van der Waals surface area contributed by atoms with Crippen LogP contribution in [-0.4, -0.2) is 11.5 Å². The third-order valence-corrected chi connectivity index (χ3v) is 2.97. The number of anilines is 3. The zero-order valence-corrected chi connectivity index (χ0v) is 10.9. The van der Waals surface area contributed by atoms with Crippen molar-refractivity contribution in [2.24, 2.45) is 0 Å². The minimum Gasteiger partial charge on any atom is -0.393 e. The molecule has 0 aliphatic heterocycles. The molecule has 0 bridgehead atoms. The molecule has 0 atom stereocenters. The fourth-order valence-corrected chi connectivity index (χ4v) is 2.01. The summed E-state index contributed by atoms with van der Waals surface area (Å²) < 4.78 is 12.9. The Kier molecular flexibility index (Phi) is 3.84. The second-order valence-corrected chi connectivity index (χ2v) is 4.22. The van der Waals surface area contributed by atoms with Crippen LogP contribution in [0.3, 0.4) is 0 Å². The van der Waals surface area contributed by atoms with Gasteiger partial charge in [0.15, 0.2) is 0 Å². The Bertz CT molecular complexity index is 629. The van der Waals surface area contributed by atoms with Crippen LogP contribution in [-0.2, 0) is 0 Å². The molecule has 2 aromatic rings. The first-order valence-corrected chi connectivity index (χ1v) is 6.10. The van der Waals surface area contributed by atoms with Crippen LogP contribution < -0.4 is 10.6 Å². The predicted molar refractivity (Wildman–Crippen MR) is 76.6 cm³/mol. The smallest absolute Gasteiger partial charge is 0.292 e. The molecule has 0 unspecified atom stereocenters. The maximum atomic E-state index is 12.9. The molecule has 2 aromatic carbocycles. The number of nitrogens with two attached hydrogens (primary N) is 1. The van der Waals surface area contributed by atoms with Gasteiger partial charge < -0.3 is 10.6 Å². The molecule has 104 valence electrons. The highest BCUT2D eigenvalue weighted by Gasteiger charge is 2.14. The zero-order valence-electron chi connectivity index (χ0n) is 10.9. The van der Waals surface area contributed by atoms with E-state index in [-0.39, 0.29) is 17.2 Å². The standard InChI is InChI=1S/C14H14FN3O2/c1-2-17(11-5-3-10(15)4-6-11)12-7-8-14(18(19)20)13(16)9-12/h3-9H,2,16H2,1H3. The first kappa shape index (κ1) is 13.8. The lowest BCUT2D eigenvalue weighted by molar-refractivity contribution is -0.383. The molecular weight excluding hydrogens is 261 g/mol. The van der Waals surface area contributed by atoms with E-state index in [1.54, 1.807) is 24.3 Å². The van der Waals surface area contributed by atoms with Gasteiger partial charge in [-0.1, -0.05) is 0 Å². The highest BCUT2D eigenvalue weighted by Crippen LogP contribution is 2.31. The van der Waals surface area contributed by atoms with Crippen LogP contribution in [0.2, 0.25) is 0 Å². The van der Waals surface area contributed by atoms with E-state index in [0.29, 0.717) is 6.54 Å². The van der Waals surface area contributed by atoms with E-state index in [4.69, 9.17) is 5.73 Å². The van der Waals surface area contributed by atoms with Crippen LogP contribution in [0.15, 0.2) is 42.5 Å². The number of hydrogen-bond acceptors (Lipinski definition) is 4. The molecule has 0 aliphatic carbocycles. The van der Waals surface area contributed by atoms with Crippen molar-refractivity contribution in [3.63, 3.8) is 0 Å². The molecule has 0 aromatic heterocycles. The summed E-state index contributed by atoms with van der Waals surface area (Å²) in [6, 6.07) is 10.6. The van der Waals surface area contributed by atoms with Gasteiger partial charge in [0.2, 0.25) is 0 Å². The van der Waals surface area contributed by atoms with Gasteiger partial charge in [0.1, 0.15) is 11.5 Å². The number of nitro groups is 1. The average Bonchev–Trinajstić information content (AvgIpc) is 2.41. The molecule has 2 rings (SSSR count). The van der Waals surface area contributed by atoms with Crippen molar-refractivity contribution in [2.75, 3.05) is 17.2 Å². The third-order valence-electron chi connectivity index (χ3n) is 2.97. The molecular formula is C14H14FN3O2. The molecule has 2 N–H and O–H groups in total. The predicted octanol–water partition coefficient (Wildman–Crippen LogP) is 3.47. The van der Waals surface area contributed by atoms with E-state index in [0.717, 1.165) is 11.4 Å². The molecule has 5 nitrogen and oxygen atoms in total. The lowest BCUT2D eigenvalue weighted by Crippen LogP contribution is -2.16. The number of nitrogens with zero attached hydrogens (tertiary/aromatic N) is 2. The summed E-state index contributed by atoms with van der Waals surface area (Å²) in [7, 11) is 0. The van der Waals surface area contributed by atoms with E-state index < -0.39 is 4.92 Å². The van der Waals surface area contributed by atoms with Crippen molar-refractivity contribution in [3.05, 3.63) is 58.4 Å². The van der Waals surface area contributed by atoms with Crippen molar-refractivity contribution in [3.8, 4) is 0 Å². The summed E-state index contributed by atoms with van der Waals surface area (Å²) in [4.78, 5) is 12.1. The van der Waals surface area contributed by atoms with Crippen LogP contribution in [0.25, 0.3) is 0 Å². The number of nitrogen functional groups attached to an aromatic ring is 1. The molecule has 0 saturated heterocycles. The number of rotatable bonds is 4. The monoisotopic (exact) mass is 275 g/mol. The average molecular weight is 275 g/mol. The van der Waals surface area contributed by atoms with Crippen LogP contribution in [0, 0.1) is 15.9 Å². The van der Waals surface area contributed by atoms with Gasteiger partial charge in [-0.25, -0.2) is 4.39 Å². The van der Waals surface area contributed by atoms with Crippen molar-refractivity contribution in [1.82, 2.24) is 0 Å². The van der Waals surface area contributed by atoms with Crippen LogP contribution in [0.1, 0.15) is 6.92 Å². The van der Waals surface area contributed by atoms with E-state index in [2.05, 4.69) is 0 Å². The molecule has 0 fully saturated rings. The molecule has 6 heteroatoms. The fraction of sp³-hybridized carbons (Fsp3) is 0.143. The maximum absolute atomic E-state index is 12.9. The lowest BCUT2D eigenvalue weighted by Gasteiger charge is -2.23. The number of nitro benzene ring substituents is 1. The molecule has 0 amide bonds. The summed E-state index contributed by atoms with van der Waals surface area (Å²) in [5.41, 5.74) is 7.19. The van der Waals surface area contributed by atoms with Gasteiger partial charge in [0.25, 0.3) is 5.69 Å². The third kappa shape index (κ3) is 2.69. The number of benzene rings is 2. The molecule has 0 spiro atoms. The van der Waals surface area contributed by atoms with Crippen molar-refractivity contribution in [2.45, 2.75) is 6.92 Å². The Morgan fingerprint density at radius 1 is 1.20 bits per heavy atom. The SMILES string of the molecule is CCN(c1ccc(F)cc1)c1ccc([N+](=O)[O-])c(N)c1. The zero-order chi connectivity index (χ0) is 14.7. The molecule has 20 heavy (non-hydrogen) atoms. The Morgan fingerprint density at radius 2 is 1.80 bits per heavy atom. The van der Waals surface area contributed by atoms with Crippen molar-refractivity contribution >= 4 is 22.7 Å². The largest absolute Gasteiger partial charge is 0.393 e. The van der Waals surface area contributed by atoms with Crippen LogP contribution in [0.4, 0.5) is 27.1 Å². The fourth-order valence-electron chi connectivity index (χ4n) is 2.01. The van der Waals surface area contributed by atoms with Crippen LogP contribution in [0.5, 0.6) is 0 Å². The topological polar surface area (TPSA) is 72.4 Å². The second-order valence-electron chi connectivity index (χ2n) is 4.22. The Labute approximate surface area is 115 Å². The van der Waals surface area contributed by atoms with Crippen molar-refractivity contribution in [1.29, 1.82) is 0 Å². The second kappa shape index (κ2) is 5.56. The highest BCUT2D eigenvalue weighted by atomic mass is 19.1. The van der Waals surface area contributed by atoms with E-state index in [1.807, 2.05) is 11.8 Å². The highest BCUT2D eigenvalue weighted by molar-refractivity contribution is 5.71.